The lowest BCUT2D eigenvalue weighted by Crippen LogP contribution is -1.97. The van der Waals surface area contributed by atoms with Crippen LogP contribution in [0.15, 0.2) is 23.6 Å². The molecule has 4 heteroatoms. The summed E-state index contributed by atoms with van der Waals surface area (Å²) in [6.07, 6.45) is 2.01. The molecule has 0 bridgehead atoms. The lowest BCUT2D eigenvalue weighted by Gasteiger charge is -1.93. The van der Waals surface area contributed by atoms with E-state index in [9.17, 15) is 0 Å². The first-order valence-electron chi connectivity index (χ1n) is 4.56. The molecule has 14 heavy (non-hydrogen) atoms. The Bertz CT molecular complexity index is 383. The van der Waals surface area contributed by atoms with Crippen molar-refractivity contribution < 1.29 is 0 Å². The molecule has 2 aromatic rings. The zero-order valence-electron chi connectivity index (χ0n) is 8.10. The SMILES string of the molecule is Cn1nc(CCc2cccs2)cc1N. The Kier molecular flexibility index (Phi) is 2.54. The van der Waals surface area contributed by atoms with Crippen molar-refractivity contribution in [2.75, 3.05) is 5.73 Å². The number of hydrogen-bond acceptors (Lipinski definition) is 3. The van der Waals surface area contributed by atoms with Crippen LogP contribution in [-0.2, 0) is 19.9 Å². The van der Waals surface area contributed by atoms with Gasteiger partial charge in [-0.25, -0.2) is 0 Å². The van der Waals surface area contributed by atoms with Gasteiger partial charge in [-0.05, 0) is 24.3 Å². The van der Waals surface area contributed by atoms with Crippen molar-refractivity contribution in [3.05, 3.63) is 34.2 Å². The summed E-state index contributed by atoms with van der Waals surface area (Å²) in [6, 6.07) is 6.16. The molecule has 0 aromatic carbocycles. The van der Waals surface area contributed by atoms with E-state index in [1.165, 1.54) is 4.88 Å². The van der Waals surface area contributed by atoms with Gasteiger partial charge < -0.3 is 5.73 Å². The molecule has 0 saturated carbocycles. The third kappa shape index (κ3) is 1.96. The van der Waals surface area contributed by atoms with E-state index in [4.69, 9.17) is 5.73 Å². The van der Waals surface area contributed by atoms with Crippen LogP contribution in [0.3, 0.4) is 0 Å². The molecule has 3 nitrogen and oxygen atoms in total. The number of rotatable bonds is 3. The first-order valence-corrected chi connectivity index (χ1v) is 5.44. The lowest BCUT2D eigenvalue weighted by molar-refractivity contribution is 0.746. The Morgan fingerprint density at radius 1 is 1.50 bits per heavy atom. The van der Waals surface area contributed by atoms with E-state index in [0.717, 1.165) is 24.4 Å². The fraction of sp³-hybridized carbons (Fsp3) is 0.300. The van der Waals surface area contributed by atoms with Crippen LogP contribution < -0.4 is 5.73 Å². The summed E-state index contributed by atoms with van der Waals surface area (Å²) in [5.74, 6) is 0.728. The molecule has 2 aromatic heterocycles. The molecule has 0 aliphatic heterocycles. The van der Waals surface area contributed by atoms with E-state index in [0.29, 0.717) is 0 Å². The summed E-state index contributed by atoms with van der Waals surface area (Å²) in [6.45, 7) is 0. The van der Waals surface area contributed by atoms with Crippen molar-refractivity contribution >= 4 is 17.2 Å². The molecule has 2 rings (SSSR count). The minimum atomic E-state index is 0.728. The van der Waals surface area contributed by atoms with Crippen molar-refractivity contribution in [1.29, 1.82) is 0 Å². The molecule has 2 N–H and O–H groups in total. The second-order valence-electron chi connectivity index (χ2n) is 3.26. The third-order valence-electron chi connectivity index (χ3n) is 2.17. The minimum Gasteiger partial charge on any atom is -0.384 e. The monoisotopic (exact) mass is 207 g/mol. The van der Waals surface area contributed by atoms with Crippen LogP contribution in [0.4, 0.5) is 5.82 Å². The van der Waals surface area contributed by atoms with E-state index >= 15 is 0 Å². The Labute approximate surface area is 87.2 Å². The van der Waals surface area contributed by atoms with Crippen molar-refractivity contribution in [3.8, 4) is 0 Å². The molecule has 0 spiro atoms. The van der Waals surface area contributed by atoms with Gasteiger partial charge in [-0.3, -0.25) is 4.68 Å². The topological polar surface area (TPSA) is 43.8 Å². The summed E-state index contributed by atoms with van der Waals surface area (Å²) in [5.41, 5.74) is 6.76. The van der Waals surface area contributed by atoms with Crippen LogP contribution in [0, 0.1) is 0 Å². The van der Waals surface area contributed by atoms with Gasteiger partial charge in [0.1, 0.15) is 5.82 Å². The number of nitrogen functional groups attached to an aromatic ring is 1. The van der Waals surface area contributed by atoms with Gasteiger partial charge in [0.05, 0.1) is 5.69 Å². The van der Waals surface area contributed by atoms with Crippen molar-refractivity contribution in [3.63, 3.8) is 0 Å². The zero-order valence-corrected chi connectivity index (χ0v) is 8.92. The highest BCUT2D eigenvalue weighted by Crippen LogP contribution is 2.13. The van der Waals surface area contributed by atoms with Gasteiger partial charge in [-0.15, -0.1) is 11.3 Å². The molecular formula is C10H13N3S. The Morgan fingerprint density at radius 3 is 2.93 bits per heavy atom. The highest BCUT2D eigenvalue weighted by molar-refractivity contribution is 7.09. The third-order valence-corrected chi connectivity index (χ3v) is 3.11. The molecule has 0 atom stereocenters. The van der Waals surface area contributed by atoms with Crippen molar-refractivity contribution in [1.82, 2.24) is 9.78 Å². The van der Waals surface area contributed by atoms with Gasteiger partial charge >= 0.3 is 0 Å². The number of aryl methyl sites for hydroxylation is 3. The molecule has 0 aliphatic carbocycles. The number of aromatic nitrogens is 2. The van der Waals surface area contributed by atoms with Crippen molar-refractivity contribution in [2.24, 2.45) is 7.05 Å². The van der Waals surface area contributed by atoms with Gasteiger partial charge in [-0.1, -0.05) is 6.07 Å². The van der Waals surface area contributed by atoms with E-state index in [-0.39, 0.29) is 0 Å². The normalized spacial score (nSPS) is 10.6. The minimum absolute atomic E-state index is 0.728. The molecule has 0 unspecified atom stereocenters. The fourth-order valence-electron chi connectivity index (χ4n) is 1.37. The maximum atomic E-state index is 5.69. The first kappa shape index (κ1) is 9.27. The van der Waals surface area contributed by atoms with Crippen LogP contribution in [0.25, 0.3) is 0 Å². The lowest BCUT2D eigenvalue weighted by atomic mass is 10.2. The second-order valence-corrected chi connectivity index (χ2v) is 4.30. The molecule has 0 saturated heterocycles. The second kappa shape index (κ2) is 3.84. The molecule has 2 heterocycles. The highest BCUT2D eigenvalue weighted by atomic mass is 32.1. The van der Waals surface area contributed by atoms with Crippen LogP contribution in [0.2, 0.25) is 0 Å². The number of thiophene rings is 1. The number of hydrogen-bond donors (Lipinski definition) is 1. The summed E-state index contributed by atoms with van der Waals surface area (Å²) in [7, 11) is 1.87. The number of nitrogens with two attached hydrogens (primary N) is 1. The van der Waals surface area contributed by atoms with Crippen molar-refractivity contribution in [2.45, 2.75) is 12.8 Å². The molecule has 0 radical (unpaired) electrons. The summed E-state index contributed by atoms with van der Waals surface area (Å²) < 4.78 is 1.71. The quantitative estimate of drug-likeness (QED) is 0.834. The summed E-state index contributed by atoms with van der Waals surface area (Å²) in [5, 5.41) is 6.41. The summed E-state index contributed by atoms with van der Waals surface area (Å²) >= 11 is 1.79. The van der Waals surface area contributed by atoms with Crippen LogP contribution in [0.5, 0.6) is 0 Å². The van der Waals surface area contributed by atoms with Gasteiger partial charge in [0.2, 0.25) is 0 Å². The summed E-state index contributed by atoms with van der Waals surface area (Å²) in [4.78, 5) is 1.40. The van der Waals surface area contributed by atoms with Gasteiger partial charge in [0, 0.05) is 18.0 Å². The highest BCUT2D eigenvalue weighted by Gasteiger charge is 2.02. The first-order chi connectivity index (χ1) is 6.75. The Hall–Kier alpha value is -1.29. The van der Waals surface area contributed by atoms with Gasteiger partial charge in [0.15, 0.2) is 0 Å². The molecular weight excluding hydrogens is 194 g/mol. The molecule has 0 fully saturated rings. The van der Waals surface area contributed by atoms with E-state index in [1.54, 1.807) is 16.0 Å². The maximum Gasteiger partial charge on any atom is 0.121 e. The van der Waals surface area contributed by atoms with E-state index in [2.05, 4.69) is 22.6 Å². The standard InChI is InChI=1S/C10H13N3S/c1-13-10(11)7-8(12-13)4-5-9-3-2-6-14-9/h2-3,6-7H,4-5,11H2,1H3. The number of nitrogens with zero attached hydrogens (tertiary/aromatic N) is 2. The Balaban J connectivity index is 1.98. The Morgan fingerprint density at radius 2 is 2.36 bits per heavy atom. The average molecular weight is 207 g/mol. The fourth-order valence-corrected chi connectivity index (χ4v) is 2.08. The van der Waals surface area contributed by atoms with Crippen LogP contribution >= 0.6 is 11.3 Å². The largest absolute Gasteiger partial charge is 0.384 e. The van der Waals surface area contributed by atoms with E-state index in [1.807, 2.05) is 13.1 Å². The number of anilines is 1. The smallest absolute Gasteiger partial charge is 0.121 e. The molecule has 0 aliphatic rings. The van der Waals surface area contributed by atoms with Gasteiger partial charge in [-0.2, -0.15) is 5.10 Å². The van der Waals surface area contributed by atoms with Gasteiger partial charge in [0.25, 0.3) is 0 Å². The predicted molar refractivity (Wildman–Crippen MR) is 59.3 cm³/mol. The molecule has 0 amide bonds. The van der Waals surface area contributed by atoms with E-state index < -0.39 is 0 Å². The average Bonchev–Trinajstić information content (AvgIpc) is 2.74. The zero-order chi connectivity index (χ0) is 9.97. The molecule has 74 valence electrons. The van der Waals surface area contributed by atoms with Crippen LogP contribution in [-0.4, -0.2) is 9.78 Å². The van der Waals surface area contributed by atoms with Crippen LogP contribution in [0.1, 0.15) is 10.6 Å². The maximum absolute atomic E-state index is 5.69. The predicted octanol–water partition coefficient (Wildman–Crippen LogP) is 1.85.